The number of hydrogen-bond acceptors (Lipinski definition) is 12. The maximum atomic E-state index is 14.0. The van der Waals surface area contributed by atoms with Crippen molar-refractivity contribution >= 4 is 50.5 Å². The van der Waals surface area contributed by atoms with Crippen LogP contribution in [0.1, 0.15) is 28.1 Å². The molecule has 1 amide bonds. The number of nitrogens with zero attached hydrogens (tertiary/aromatic N) is 2. The largest absolute Gasteiger partial charge is 0.508 e. The van der Waals surface area contributed by atoms with Gasteiger partial charge >= 0.3 is 0 Å². The van der Waals surface area contributed by atoms with E-state index in [0.29, 0.717) is 32.9 Å². The van der Waals surface area contributed by atoms with Gasteiger partial charge in [0.1, 0.15) is 27.7 Å². The van der Waals surface area contributed by atoms with Crippen LogP contribution in [0, 0.1) is 25.7 Å². The molecule has 4 unspecified atom stereocenters. The number of hydrogen-bond donors (Lipinski definition) is 6. The molecule has 3 aliphatic rings. The van der Waals surface area contributed by atoms with E-state index in [1.54, 1.807) is 44.2 Å². The maximum Gasteiger partial charge on any atom is 0.264 e. The summed E-state index contributed by atoms with van der Waals surface area (Å²) in [6.07, 6.45) is 0.0637. The first-order valence-electron chi connectivity index (χ1n) is 14.6. The Bertz CT molecular complexity index is 2050. The van der Waals surface area contributed by atoms with Crippen LogP contribution in [0.4, 0.5) is 5.69 Å². The second-order valence-corrected chi connectivity index (χ2v) is 14.9. The normalized spacial score (nSPS) is 24.3. The van der Waals surface area contributed by atoms with Gasteiger partial charge in [-0.1, -0.05) is 18.2 Å². The van der Waals surface area contributed by atoms with E-state index < -0.39 is 68.1 Å². The van der Waals surface area contributed by atoms with E-state index in [0.717, 1.165) is 11.5 Å². The Hall–Kier alpha value is -4.57. The number of nitrogens with two attached hydrogens (primary N) is 1. The van der Waals surface area contributed by atoms with Crippen LogP contribution in [0.15, 0.2) is 58.2 Å². The van der Waals surface area contributed by atoms with Crippen molar-refractivity contribution in [3.8, 4) is 16.9 Å². The van der Waals surface area contributed by atoms with E-state index in [9.17, 15) is 43.2 Å². The number of ketones is 2. The maximum absolute atomic E-state index is 14.0. The van der Waals surface area contributed by atoms with Gasteiger partial charge in [0.15, 0.2) is 11.4 Å². The summed E-state index contributed by atoms with van der Waals surface area (Å²) in [6.45, 7) is 3.30. The summed E-state index contributed by atoms with van der Waals surface area (Å²) >= 11 is 1.10. The van der Waals surface area contributed by atoms with Crippen LogP contribution >= 0.6 is 11.5 Å². The predicted octanol–water partition coefficient (Wildman–Crippen LogP) is 2.51. The van der Waals surface area contributed by atoms with Crippen molar-refractivity contribution < 1.29 is 43.2 Å². The van der Waals surface area contributed by atoms with Gasteiger partial charge in [0.25, 0.3) is 15.9 Å². The monoisotopic (exact) mass is 680 g/mol. The Balaban J connectivity index is 1.42. The number of phenols is 1. The van der Waals surface area contributed by atoms with Crippen LogP contribution in [0.25, 0.3) is 16.9 Å². The lowest BCUT2D eigenvalue weighted by atomic mass is 9.57. The molecule has 0 bridgehead atoms. The van der Waals surface area contributed by atoms with Crippen LogP contribution in [0.3, 0.4) is 0 Å². The smallest absolute Gasteiger partial charge is 0.264 e. The number of carbonyl (C=O) groups excluding carboxylic acids is 3. The first-order chi connectivity index (χ1) is 22.0. The average Bonchev–Trinajstić information content (AvgIpc) is 3.33. The highest BCUT2D eigenvalue weighted by atomic mass is 32.2. The lowest BCUT2D eigenvalue weighted by molar-refractivity contribution is -0.153. The average molecular weight is 681 g/mol. The molecule has 4 atom stereocenters. The number of aromatic nitrogens is 1. The van der Waals surface area contributed by atoms with Gasteiger partial charge in [-0.25, -0.2) is 8.42 Å². The van der Waals surface area contributed by atoms with Gasteiger partial charge in [-0.3, -0.25) is 24.0 Å². The van der Waals surface area contributed by atoms with Crippen LogP contribution in [0.2, 0.25) is 0 Å². The second kappa shape index (κ2) is 11.0. The molecule has 6 rings (SSSR count). The van der Waals surface area contributed by atoms with Crippen LogP contribution in [-0.4, -0.2) is 81.3 Å². The zero-order valence-electron chi connectivity index (χ0n) is 25.7. The highest BCUT2D eigenvalue weighted by Crippen LogP contribution is 2.53. The molecular formula is C32H32N4O9S2. The van der Waals surface area contributed by atoms with Crippen molar-refractivity contribution in [3.05, 3.63) is 75.0 Å². The molecule has 2 aromatic carbocycles. The molecule has 15 heteroatoms. The van der Waals surface area contributed by atoms with Gasteiger partial charge in [0, 0.05) is 22.1 Å². The van der Waals surface area contributed by atoms with Crippen molar-refractivity contribution in [2.75, 3.05) is 18.8 Å². The van der Waals surface area contributed by atoms with E-state index in [4.69, 9.17) is 5.73 Å². The Morgan fingerprint density at radius 2 is 1.74 bits per heavy atom. The van der Waals surface area contributed by atoms with E-state index in [1.165, 1.54) is 25.1 Å². The summed E-state index contributed by atoms with van der Waals surface area (Å²) in [6, 6.07) is 8.28. The number of aryl methyl sites for hydroxylation is 2. The summed E-state index contributed by atoms with van der Waals surface area (Å²) in [4.78, 5) is 41.7. The Morgan fingerprint density at radius 1 is 1.09 bits per heavy atom. The third-order valence-electron chi connectivity index (χ3n) is 9.29. The number of amides is 1. The predicted molar refractivity (Wildman–Crippen MR) is 172 cm³/mol. The van der Waals surface area contributed by atoms with Gasteiger partial charge in [-0.2, -0.15) is 4.37 Å². The number of likely N-dealkylation sites (N-methyl/N-ethyl adjacent to an activating group) is 1. The van der Waals surface area contributed by atoms with E-state index in [2.05, 4.69) is 9.10 Å². The number of Topliss-reactive ketones (excluding diaryl/α,β-unsaturated/α-hetero) is 2. The summed E-state index contributed by atoms with van der Waals surface area (Å²) in [5.41, 5.74) is 3.87. The zero-order valence-corrected chi connectivity index (χ0v) is 27.4. The number of primary amides is 1. The van der Waals surface area contributed by atoms with Gasteiger partial charge in [-0.05, 0) is 93.1 Å². The summed E-state index contributed by atoms with van der Waals surface area (Å²) in [5, 5.41) is 45.2. The molecular weight excluding hydrogens is 649 g/mol. The molecule has 47 heavy (non-hydrogen) atoms. The molecule has 246 valence electrons. The summed E-state index contributed by atoms with van der Waals surface area (Å²) in [7, 11) is -0.828. The van der Waals surface area contributed by atoms with Crippen LogP contribution < -0.4 is 10.5 Å². The molecule has 1 saturated carbocycles. The first-order valence-corrected chi connectivity index (χ1v) is 16.8. The molecule has 7 N–H and O–H groups in total. The number of carbonyl (C=O) groups is 3. The van der Waals surface area contributed by atoms with Crippen molar-refractivity contribution in [1.29, 1.82) is 0 Å². The number of sulfonamides is 1. The summed E-state index contributed by atoms with van der Waals surface area (Å²) < 4.78 is 32.8. The van der Waals surface area contributed by atoms with Crippen molar-refractivity contribution in [2.24, 2.45) is 17.6 Å². The van der Waals surface area contributed by atoms with E-state index >= 15 is 0 Å². The SMILES string of the molecule is Cc1nsc(C)c1S(=O)(=O)Nc1ccc(-c2ccc(O)c3c2CC2CC4C(N(C)C)C(=O)C(C(N)=O)=C(O)C4(O)C(=O)C2=C3O)cc1. The fourth-order valence-corrected chi connectivity index (χ4v) is 9.75. The molecule has 0 radical (unpaired) electrons. The number of aliphatic hydroxyl groups excluding tert-OH is 2. The minimum absolute atomic E-state index is 0.0422. The lowest BCUT2D eigenvalue weighted by Crippen LogP contribution is -2.65. The molecule has 0 saturated heterocycles. The Labute approximate surface area is 273 Å². The van der Waals surface area contributed by atoms with Gasteiger partial charge in [0.05, 0.1) is 17.3 Å². The Morgan fingerprint density at radius 3 is 2.32 bits per heavy atom. The highest BCUT2D eigenvalue weighted by molar-refractivity contribution is 7.93. The van der Waals surface area contributed by atoms with Gasteiger partial charge in [0.2, 0.25) is 5.78 Å². The number of aliphatic hydroxyl groups is 3. The quantitative estimate of drug-likeness (QED) is 0.208. The van der Waals surface area contributed by atoms with E-state index in [1.807, 2.05) is 0 Å². The van der Waals surface area contributed by atoms with Crippen molar-refractivity contribution in [2.45, 2.75) is 43.2 Å². The molecule has 1 heterocycles. The van der Waals surface area contributed by atoms with Crippen molar-refractivity contribution in [3.63, 3.8) is 0 Å². The third kappa shape index (κ3) is 4.75. The van der Waals surface area contributed by atoms with Crippen molar-refractivity contribution in [1.82, 2.24) is 9.27 Å². The zero-order chi connectivity index (χ0) is 34.3. The van der Waals surface area contributed by atoms with Gasteiger partial charge in [-0.15, -0.1) is 0 Å². The number of anilines is 1. The number of phenolic OH excluding ortho intramolecular Hbond substituents is 1. The van der Waals surface area contributed by atoms with Crippen LogP contribution in [0.5, 0.6) is 5.75 Å². The molecule has 13 nitrogen and oxygen atoms in total. The third-order valence-corrected chi connectivity index (χ3v) is 11.9. The number of nitrogens with one attached hydrogen (secondary N) is 1. The molecule has 0 spiro atoms. The highest BCUT2D eigenvalue weighted by Gasteiger charge is 2.64. The standard InChI is InChI=1S/C32H32N4O9S2/c1-13-28(14(2)46-34-13)47(44,45)35-17-7-5-15(6-8-17)18-9-10-21(37)23-19(18)11-16-12-20-25(36(3)4)27(39)24(31(33)42)30(41)32(20,43)29(40)22(16)26(23)38/h5-10,16,20,25,35,37-38,41,43H,11-12H2,1-4H3,(H2,33,42). The first kappa shape index (κ1) is 32.4. The molecule has 3 aliphatic carbocycles. The molecule has 0 aliphatic heterocycles. The second-order valence-electron chi connectivity index (χ2n) is 12.3. The fourth-order valence-electron chi connectivity index (χ4n) is 7.30. The Kier molecular flexibility index (Phi) is 7.58. The molecule has 1 aromatic heterocycles. The van der Waals surface area contributed by atoms with Gasteiger partial charge < -0.3 is 26.2 Å². The number of benzene rings is 2. The minimum Gasteiger partial charge on any atom is -0.508 e. The number of rotatable bonds is 6. The van der Waals surface area contributed by atoms with Crippen LogP contribution in [-0.2, 0) is 30.8 Å². The van der Waals surface area contributed by atoms with E-state index in [-0.39, 0.29) is 34.6 Å². The molecule has 1 fully saturated rings. The number of fused-ring (bicyclic) bond motifs is 3. The molecule has 3 aromatic rings. The fraction of sp³-hybridized carbons (Fsp3) is 0.312. The summed E-state index contributed by atoms with van der Waals surface area (Å²) in [5.74, 6) is -7.24. The number of aromatic hydroxyl groups is 1. The topological polar surface area (TPSA) is 220 Å². The minimum atomic E-state index is -3.90. The lowest BCUT2D eigenvalue weighted by Gasteiger charge is -2.50.